The van der Waals surface area contributed by atoms with Crippen molar-refractivity contribution in [2.75, 3.05) is 25.1 Å². The van der Waals surface area contributed by atoms with Crippen LogP contribution < -0.4 is 27.0 Å². The highest BCUT2D eigenvalue weighted by atomic mass is 32.1. The standard InChI is InChI=1S/C29H35N2O3PS/c30-27(23-36)29(33)31-22-28(32)34-20-12-1-2-13-21-35(24-14-6-3-7-15-24,25-16-8-4-9-17-25)26-18-10-5-11-19-26/h3-11,14-19,27H,1-2,12-13,20-23,30H2,(H-,31,33,36)/p+1. The fourth-order valence-electron chi connectivity index (χ4n) is 4.30. The number of esters is 1. The van der Waals surface area contributed by atoms with E-state index in [4.69, 9.17) is 10.5 Å². The number of rotatable bonds is 14. The molecule has 0 saturated heterocycles. The van der Waals surface area contributed by atoms with Crippen LogP contribution in [0.15, 0.2) is 91.0 Å². The van der Waals surface area contributed by atoms with E-state index in [0.29, 0.717) is 6.61 Å². The highest BCUT2D eigenvalue weighted by molar-refractivity contribution is 7.95. The number of nitrogens with one attached hydrogen (secondary N) is 1. The number of hydrogen-bond acceptors (Lipinski definition) is 5. The Labute approximate surface area is 220 Å². The van der Waals surface area contributed by atoms with Crippen LogP contribution in [0.4, 0.5) is 0 Å². The zero-order valence-electron chi connectivity index (χ0n) is 20.6. The van der Waals surface area contributed by atoms with Gasteiger partial charge in [0.25, 0.3) is 0 Å². The maximum Gasteiger partial charge on any atom is 0.325 e. The van der Waals surface area contributed by atoms with Crippen molar-refractivity contribution in [2.24, 2.45) is 5.73 Å². The summed E-state index contributed by atoms with van der Waals surface area (Å²) in [6, 6.07) is 32.0. The van der Waals surface area contributed by atoms with E-state index in [-0.39, 0.29) is 12.3 Å². The van der Waals surface area contributed by atoms with Gasteiger partial charge in [-0.3, -0.25) is 9.59 Å². The van der Waals surface area contributed by atoms with Crippen LogP contribution in [0.2, 0.25) is 0 Å². The van der Waals surface area contributed by atoms with Crippen LogP contribution in [0, 0.1) is 0 Å². The topological polar surface area (TPSA) is 81.4 Å². The van der Waals surface area contributed by atoms with Gasteiger partial charge < -0.3 is 15.8 Å². The Kier molecular flexibility index (Phi) is 11.5. The minimum Gasteiger partial charge on any atom is -0.464 e. The number of nitrogens with two attached hydrogens (primary N) is 1. The number of amides is 1. The summed E-state index contributed by atoms with van der Waals surface area (Å²) in [6.07, 6.45) is 4.99. The van der Waals surface area contributed by atoms with E-state index in [1.54, 1.807) is 0 Å². The Balaban J connectivity index is 1.57. The molecule has 7 heteroatoms. The first-order valence-electron chi connectivity index (χ1n) is 12.4. The summed E-state index contributed by atoms with van der Waals surface area (Å²) < 4.78 is 5.25. The van der Waals surface area contributed by atoms with Crippen LogP contribution in [0.25, 0.3) is 0 Å². The van der Waals surface area contributed by atoms with Gasteiger partial charge in [-0.2, -0.15) is 12.6 Å². The molecule has 0 spiro atoms. The van der Waals surface area contributed by atoms with Gasteiger partial charge in [-0.25, -0.2) is 0 Å². The Morgan fingerprint density at radius 1 is 0.778 bits per heavy atom. The lowest BCUT2D eigenvalue weighted by Gasteiger charge is -2.27. The molecule has 0 radical (unpaired) electrons. The number of carbonyl (C=O) groups is 2. The zero-order valence-corrected chi connectivity index (χ0v) is 22.4. The highest BCUT2D eigenvalue weighted by Gasteiger charge is 2.44. The van der Waals surface area contributed by atoms with E-state index >= 15 is 0 Å². The molecule has 5 nitrogen and oxygen atoms in total. The average molecular weight is 524 g/mol. The summed E-state index contributed by atoms with van der Waals surface area (Å²) in [7, 11) is -1.80. The molecule has 36 heavy (non-hydrogen) atoms. The molecule has 3 aromatic rings. The van der Waals surface area contributed by atoms with Gasteiger partial charge >= 0.3 is 5.97 Å². The fraction of sp³-hybridized carbons (Fsp3) is 0.310. The Morgan fingerprint density at radius 3 is 1.72 bits per heavy atom. The third kappa shape index (κ3) is 7.67. The van der Waals surface area contributed by atoms with E-state index < -0.39 is 25.2 Å². The Bertz CT molecular complexity index is 971. The smallest absolute Gasteiger partial charge is 0.325 e. The highest BCUT2D eigenvalue weighted by Crippen LogP contribution is 2.55. The predicted molar refractivity (Wildman–Crippen MR) is 154 cm³/mol. The number of unbranched alkanes of at least 4 members (excludes halogenated alkanes) is 3. The lowest BCUT2D eigenvalue weighted by Crippen LogP contribution is -2.43. The van der Waals surface area contributed by atoms with Crippen molar-refractivity contribution in [2.45, 2.75) is 31.7 Å². The van der Waals surface area contributed by atoms with Crippen molar-refractivity contribution in [3.05, 3.63) is 91.0 Å². The van der Waals surface area contributed by atoms with E-state index in [0.717, 1.165) is 31.8 Å². The molecule has 1 atom stereocenters. The lowest BCUT2D eigenvalue weighted by atomic mass is 10.2. The number of hydrogen-bond donors (Lipinski definition) is 3. The predicted octanol–water partition coefficient (Wildman–Crippen LogP) is 3.46. The molecular formula is C29H36N2O3PS+. The van der Waals surface area contributed by atoms with Crippen LogP contribution in [0.3, 0.4) is 0 Å². The summed E-state index contributed by atoms with van der Waals surface area (Å²) in [5.41, 5.74) is 5.57. The number of benzene rings is 3. The normalized spacial score (nSPS) is 12.1. The van der Waals surface area contributed by atoms with Crippen LogP contribution in [0.5, 0.6) is 0 Å². The summed E-state index contributed by atoms with van der Waals surface area (Å²) in [5.74, 6) is -0.621. The minimum absolute atomic E-state index is 0.168. The monoisotopic (exact) mass is 523 g/mol. The van der Waals surface area contributed by atoms with Crippen LogP contribution in [-0.2, 0) is 14.3 Å². The van der Waals surface area contributed by atoms with Gasteiger partial charge in [-0.1, -0.05) is 54.6 Å². The molecule has 0 heterocycles. The Hall–Kier alpha value is -2.66. The van der Waals surface area contributed by atoms with Crippen molar-refractivity contribution < 1.29 is 14.3 Å². The zero-order chi connectivity index (χ0) is 25.6. The van der Waals surface area contributed by atoms with E-state index in [1.165, 1.54) is 15.9 Å². The molecule has 3 aromatic carbocycles. The van der Waals surface area contributed by atoms with E-state index in [2.05, 4.69) is 109 Å². The molecule has 0 saturated carbocycles. The van der Waals surface area contributed by atoms with Crippen molar-refractivity contribution in [3.8, 4) is 0 Å². The van der Waals surface area contributed by atoms with Crippen molar-refractivity contribution >= 4 is 47.7 Å². The SMILES string of the molecule is NC(CS)C(=O)NCC(=O)OCCCCCC[P+](c1ccccc1)(c1ccccc1)c1ccccc1. The van der Waals surface area contributed by atoms with Crippen molar-refractivity contribution in [1.29, 1.82) is 0 Å². The van der Waals surface area contributed by atoms with Crippen LogP contribution in [-0.4, -0.2) is 43.0 Å². The summed E-state index contributed by atoms with van der Waals surface area (Å²) in [6.45, 7) is 0.183. The molecule has 1 amide bonds. The van der Waals surface area contributed by atoms with Gasteiger partial charge in [0.2, 0.25) is 5.91 Å². The molecule has 0 aliphatic carbocycles. The molecule has 3 N–H and O–H groups in total. The van der Waals surface area contributed by atoms with Gasteiger partial charge in [0, 0.05) is 5.75 Å². The third-order valence-electron chi connectivity index (χ3n) is 6.18. The summed E-state index contributed by atoms with van der Waals surface area (Å²) in [5, 5.41) is 6.67. The molecule has 0 aliphatic rings. The average Bonchev–Trinajstić information content (AvgIpc) is 2.94. The molecule has 0 aromatic heterocycles. The molecule has 0 bridgehead atoms. The quantitative estimate of drug-likeness (QED) is 0.131. The first kappa shape index (κ1) is 27.9. The molecule has 190 valence electrons. The Morgan fingerprint density at radius 2 is 1.25 bits per heavy atom. The minimum atomic E-state index is -1.80. The van der Waals surface area contributed by atoms with Gasteiger partial charge in [-0.05, 0) is 62.1 Å². The van der Waals surface area contributed by atoms with Gasteiger partial charge in [0.05, 0.1) is 18.8 Å². The van der Waals surface area contributed by atoms with E-state index in [9.17, 15) is 9.59 Å². The molecular weight excluding hydrogens is 487 g/mol. The number of thiol groups is 1. The largest absolute Gasteiger partial charge is 0.464 e. The molecule has 0 aliphatic heterocycles. The maximum atomic E-state index is 11.9. The van der Waals surface area contributed by atoms with Gasteiger partial charge in [0.15, 0.2) is 0 Å². The lowest BCUT2D eigenvalue weighted by molar-refractivity contribution is -0.144. The first-order valence-corrected chi connectivity index (χ1v) is 15.0. The fourth-order valence-corrected chi connectivity index (χ4v) is 8.87. The first-order chi connectivity index (χ1) is 17.6. The van der Waals surface area contributed by atoms with Crippen molar-refractivity contribution in [3.63, 3.8) is 0 Å². The van der Waals surface area contributed by atoms with Crippen molar-refractivity contribution in [1.82, 2.24) is 5.32 Å². The molecule has 1 unspecified atom stereocenters. The number of carbonyl (C=O) groups excluding carboxylic acids is 2. The van der Waals surface area contributed by atoms with E-state index in [1.807, 2.05) is 0 Å². The molecule has 0 fully saturated rings. The van der Waals surface area contributed by atoms with Crippen LogP contribution in [0.1, 0.15) is 25.7 Å². The second-order valence-corrected chi connectivity index (χ2v) is 12.7. The van der Waals surface area contributed by atoms with Gasteiger partial charge in [0.1, 0.15) is 29.7 Å². The maximum absolute atomic E-state index is 11.9. The second kappa shape index (κ2) is 14.8. The second-order valence-electron chi connectivity index (χ2n) is 8.68. The summed E-state index contributed by atoms with van der Waals surface area (Å²) in [4.78, 5) is 23.5. The number of ether oxygens (including phenoxy) is 1. The third-order valence-corrected chi connectivity index (χ3v) is 11.1. The summed E-state index contributed by atoms with van der Waals surface area (Å²) >= 11 is 3.98. The van der Waals surface area contributed by atoms with Crippen LogP contribution >= 0.6 is 19.9 Å². The molecule has 3 rings (SSSR count). The van der Waals surface area contributed by atoms with Gasteiger partial charge in [-0.15, -0.1) is 0 Å².